The summed E-state index contributed by atoms with van der Waals surface area (Å²) in [6.07, 6.45) is 2.06. The van der Waals surface area contributed by atoms with Crippen molar-refractivity contribution in [1.82, 2.24) is 10.6 Å². The van der Waals surface area contributed by atoms with Crippen molar-refractivity contribution >= 4 is 58.7 Å². The number of nitro groups is 1. The lowest BCUT2D eigenvalue weighted by atomic mass is 10.2. The number of nitrogens with zero attached hydrogens (tertiary/aromatic N) is 2. The van der Waals surface area contributed by atoms with Crippen molar-refractivity contribution < 1.29 is 4.92 Å². The van der Waals surface area contributed by atoms with Crippen LogP contribution in [0.1, 0.15) is 10.4 Å². The van der Waals surface area contributed by atoms with E-state index in [0.717, 1.165) is 30.4 Å². The van der Waals surface area contributed by atoms with Gasteiger partial charge in [0.05, 0.1) is 18.0 Å². The minimum Gasteiger partial charge on any atom is -0.356 e. The Bertz CT molecular complexity index is 663. The lowest BCUT2D eigenvalue weighted by Gasteiger charge is -2.11. The average Bonchev–Trinajstić information content (AvgIpc) is 3.11. The maximum absolute atomic E-state index is 10.7. The quantitative estimate of drug-likeness (QED) is 0.146. The summed E-state index contributed by atoms with van der Waals surface area (Å²) in [5, 5.41) is 19.3. The van der Waals surface area contributed by atoms with Gasteiger partial charge >= 0.3 is 0 Å². The molecule has 0 unspecified atom stereocenters. The highest BCUT2D eigenvalue weighted by Gasteiger charge is 2.04. The fourth-order valence-corrected chi connectivity index (χ4v) is 2.87. The molecule has 6 nitrogen and oxygen atoms in total. The Labute approximate surface area is 172 Å². The van der Waals surface area contributed by atoms with Crippen LogP contribution in [-0.2, 0) is 13.1 Å². The van der Waals surface area contributed by atoms with E-state index in [4.69, 9.17) is 0 Å². The number of guanidine groups is 1. The number of aliphatic imine (C=N–C) groups is 1. The van der Waals surface area contributed by atoms with Gasteiger partial charge in [0.15, 0.2) is 5.96 Å². The lowest BCUT2D eigenvalue weighted by molar-refractivity contribution is -0.384. The molecule has 0 fully saturated rings. The predicted molar refractivity (Wildman–Crippen MR) is 117 cm³/mol. The van der Waals surface area contributed by atoms with E-state index in [2.05, 4.69) is 27.9 Å². The minimum atomic E-state index is -0.398. The summed E-state index contributed by atoms with van der Waals surface area (Å²) in [4.78, 5) is 16.1. The molecule has 25 heavy (non-hydrogen) atoms. The summed E-state index contributed by atoms with van der Waals surface area (Å²) in [7, 11) is 0. The molecule has 0 saturated carbocycles. The Kier molecular flexibility index (Phi) is 10.5. The highest BCUT2D eigenvalue weighted by molar-refractivity contribution is 14.0. The van der Waals surface area contributed by atoms with Crippen molar-refractivity contribution in [3.05, 3.63) is 62.3 Å². The Morgan fingerprint density at radius 2 is 2.04 bits per heavy atom. The molecule has 0 aliphatic heterocycles. The molecular formula is C16H21IN4O2S2. The molecule has 0 bridgehead atoms. The molecule has 2 aromatic rings. The van der Waals surface area contributed by atoms with Crippen molar-refractivity contribution in [2.24, 2.45) is 4.99 Å². The predicted octanol–water partition coefficient (Wildman–Crippen LogP) is 3.87. The van der Waals surface area contributed by atoms with E-state index in [1.807, 2.05) is 11.4 Å². The zero-order valence-corrected chi connectivity index (χ0v) is 17.8. The van der Waals surface area contributed by atoms with Crippen LogP contribution in [0.4, 0.5) is 5.69 Å². The Hall–Kier alpha value is -1.33. The summed E-state index contributed by atoms with van der Waals surface area (Å²) in [6.45, 7) is 2.03. The van der Waals surface area contributed by atoms with Gasteiger partial charge in [0.25, 0.3) is 5.69 Å². The van der Waals surface area contributed by atoms with Gasteiger partial charge < -0.3 is 10.6 Å². The van der Waals surface area contributed by atoms with Crippen LogP contribution in [0.5, 0.6) is 0 Å². The molecule has 0 amide bonds. The van der Waals surface area contributed by atoms with Crippen LogP contribution >= 0.6 is 47.1 Å². The van der Waals surface area contributed by atoms with Gasteiger partial charge in [-0.05, 0) is 23.3 Å². The third kappa shape index (κ3) is 8.06. The topological polar surface area (TPSA) is 79.6 Å². The number of nitrogens with one attached hydrogen (secondary N) is 2. The molecular weight excluding hydrogens is 471 g/mol. The smallest absolute Gasteiger partial charge is 0.269 e. The van der Waals surface area contributed by atoms with Crippen LogP contribution in [0.15, 0.2) is 46.8 Å². The zero-order chi connectivity index (χ0) is 17.2. The largest absolute Gasteiger partial charge is 0.356 e. The van der Waals surface area contributed by atoms with Gasteiger partial charge in [-0.1, -0.05) is 18.2 Å². The Morgan fingerprint density at radius 1 is 1.28 bits per heavy atom. The number of halogens is 1. The van der Waals surface area contributed by atoms with Gasteiger partial charge in [0, 0.05) is 29.3 Å². The molecule has 9 heteroatoms. The van der Waals surface area contributed by atoms with Crippen molar-refractivity contribution in [2.45, 2.75) is 13.1 Å². The molecule has 2 N–H and O–H groups in total. The van der Waals surface area contributed by atoms with Crippen LogP contribution in [0.25, 0.3) is 0 Å². The van der Waals surface area contributed by atoms with Crippen LogP contribution < -0.4 is 10.6 Å². The number of rotatable bonds is 8. The first kappa shape index (κ1) is 21.7. The lowest BCUT2D eigenvalue weighted by Crippen LogP contribution is -2.38. The molecule has 0 aliphatic rings. The second-order valence-corrected chi connectivity index (χ2v) is 6.96. The van der Waals surface area contributed by atoms with Crippen molar-refractivity contribution in [2.75, 3.05) is 18.6 Å². The fourth-order valence-electron chi connectivity index (χ4n) is 1.92. The maximum Gasteiger partial charge on any atom is 0.269 e. The van der Waals surface area contributed by atoms with Gasteiger partial charge in [-0.25, -0.2) is 4.99 Å². The van der Waals surface area contributed by atoms with E-state index in [9.17, 15) is 10.1 Å². The second-order valence-electron chi connectivity index (χ2n) is 4.94. The van der Waals surface area contributed by atoms with Crippen LogP contribution in [0.3, 0.4) is 0 Å². The van der Waals surface area contributed by atoms with Crippen molar-refractivity contribution in [3.63, 3.8) is 0 Å². The average molecular weight is 492 g/mol. The first-order chi connectivity index (χ1) is 11.7. The summed E-state index contributed by atoms with van der Waals surface area (Å²) in [5.74, 6) is 1.74. The second kappa shape index (κ2) is 12.1. The van der Waals surface area contributed by atoms with E-state index >= 15 is 0 Å². The molecule has 1 aromatic carbocycles. The van der Waals surface area contributed by atoms with Crippen molar-refractivity contribution in [1.29, 1.82) is 0 Å². The van der Waals surface area contributed by atoms with Crippen LogP contribution in [0, 0.1) is 10.1 Å². The number of benzene rings is 1. The van der Waals surface area contributed by atoms with Gasteiger partial charge in [-0.2, -0.15) is 11.8 Å². The first-order valence-electron chi connectivity index (χ1n) is 7.46. The molecule has 1 heterocycles. The van der Waals surface area contributed by atoms with Crippen molar-refractivity contribution in [3.8, 4) is 0 Å². The van der Waals surface area contributed by atoms with Gasteiger partial charge in [-0.3, -0.25) is 10.1 Å². The number of non-ortho nitro benzene ring substituents is 1. The number of hydrogen-bond donors (Lipinski definition) is 2. The molecule has 0 radical (unpaired) electrons. The highest BCUT2D eigenvalue weighted by atomic mass is 127. The first-order valence-corrected chi connectivity index (χ1v) is 9.73. The molecule has 0 atom stereocenters. The third-order valence-corrected chi connectivity index (χ3v) is 4.66. The van der Waals surface area contributed by atoms with Gasteiger partial charge in [-0.15, -0.1) is 35.3 Å². The number of nitro benzene ring substituents is 1. The molecule has 136 valence electrons. The molecule has 0 spiro atoms. The Balaban J connectivity index is 0.00000312. The maximum atomic E-state index is 10.7. The zero-order valence-electron chi connectivity index (χ0n) is 13.8. The number of thiophene rings is 1. The molecule has 0 aliphatic carbocycles. The highest BCUT2D eigenvalue weighted by Crippen LogP contribution is 2.12. The van der Waals surface area contributed by atoms with Gasteiger partial charge in [0.1, 0.15) is 0 Å². The summed E-state index contributed by atoms with van der Waals surface area (Å²) >= 11 is 3.47. The number of hydrogen-bond acceptors (Lipinski definition) is 5. The summed E-state index contributed by atoms with van der Waals surface area (Å²) in [5.41, 5.74) is 1.03. The molecule has 1 aromatic heterocycles. The van der Waals surface area contributed by atoms with E-state index in [0.29, 0.717) is 6.54 Å². The summed E-state index contributed by atoms with van der Waals surface area (Å²) < 4.78 is 0. The Morgan fingerprint density at radius 3 is 2.64 bits per heavy atom. The fraction of sp³-hybridized carbons (Fsp3) is 0.312. The summed E-state index contributed by atoms with van der Waals surface area (Å²) in [6, 6.07) is 10.6. The van der Waals surface area contributed by atoms with E-state index in [1.165, 1.54) is 17.0 Å². The van der Waals surface area contributed by atoms with E-state index < -0.39 is 4.92 Å². The van der Waals surface area contributed by atoms with E-state index in [-0.39, 0.29) is 29.7 Å². The van der Waals surface area contributed by atoms with Gasteiger partial charge in [0.2, 0.25) is 0 Å². The molecule has 0 saturated heterocycles. The SMILES string of the molecule is CSCCNC(=NCc1ccc([N+](=O)[O-])cc1)NCc1cccs1.I. The normalized spacial score (nSPS) is 10.8. The monoisotopic (exact) mass is 492 g/mol. The van der Waals surface area contributed by atoms with E-state index in [1.54, 1.807) is 35.2 Å². The molecule has 2 rings (SSSR count). The number of thioether (sulfide) groups is 1. The van der Waals surface area contributed by atoms with Crippen LogP contribution in [-0.4, -0.2) is 29.4 Å². The minimum absolute atomic E-state index is 0. The standard InChI is InChI=1S/C16H20N4O2S2.HI/c1-23-10-8-17-16(19-12-15-3-2-9-24-15)18-11-13-4-6-14(7-5-13)20(21)22;/h2-7,9H,8,10-12H2,1H3,(H2,17,18,19);1H. The third-order valence-electron chi connectivity index (χ3n) is 3.18. The van der Waals surface area contributed by atoms with Crippen LogP contribution in [0.2, 0.25) is 0 Å².